The molecule has 0 radical (unpaired) electrons. The van der Waals surface area contributed by atoms with Crippen molar-refractivity contribution in [3.05, 3.63) is 147 Å². The van der Waals surface area contributed by atoms with E-state index in [0.29, 0.717) is 120 Å². The third-order valence-corrected chi connectivity index (χ3v) is 23.5. The molecule has 0 aromatic heterocycles. The number of aryl methyl sites for hydroxylation is 1. The van der Waals surface area contributed by atoms with E-state index in [1.165, 1.54) is 65.1 Å². The summed E-state index contributed by atoms with van der Waals surface area (Å²) in [5.41, 5.74) is 11.2. The van der Waals surface area contributed by atoms with Crippen LogP contribution in [0.15, 0.2) is 109 Å². The maximum atomic E-state index is 14.5. The molecule has 680 valence electrons. The van der Waals surface area contributed by atoms with Gasteiger partial charge in [-0.2, -0.15) is 0 Å². The van der Waals surface area contributed by atoms with Crippen LogP contribution in [0.4, 0.5) is 20.1 Å². The number of nitrogens with zero attached hydrogens (tertiary/aromatic N) is 3. The van der Waals surface area contributed by atoms with Gasteiger partial charge in [0, 0.05) is 111 Å². The number of hydrogen-bond donors (Lipinski definition) is 6. The molecule has 0 spiro atoms. The van der Waals surface area contributed by atoms with Crippen LogP contribution >= 0.6 is 11.6 Å². The van der Waals surface area contributed by atoms with Crippen LogP contribution in [-0.4, -0.2) is 255 Å². The molecule has 8 rings (SSSR count). The number of methoxy groups -OCH3 is 1. The van der Waals surface area contributed by atoms with Crippen LogP contribution in [0.3, 0.4) is 0 Å². The van der Waals surface area contributed by atoms with Crippen molar-refractivity contribution >= 4 is 82.5 Å². The summed E-state index contributed by atoms with van der Waals surface area (Å²) in [6, 6.07) is 24.3. The molecule has 2 fully saturated rings. The molecule has 2 saturated heterocycles. The maximum Gasteiger partial charge on any atom is 0.409 e. The summed E-state index contributed by atoms with van der Waals surface area (Å²) < 4.78 is 63.1. The number of esters is 1. The molecule has 124 heavy (non-hydrogen) atoms. The Morgan fingerprint density at radius 1 is 0.750 bits per heavy atom. The van der Waals surface area contributed by atoms with Gasteiger partial charge < -0.3 is 93.6 Å². The lowest BCUT2D eigenvalue weighted by atomic mass is 9.83. The van der Waals surface area contributed by atoms with E-state index in [9.17, 15) is 57.8 Å². The number of carbonyl (C=O) groups excluding carboxylic acids is 11. The number of carbonyl (C=O) groups is 11. The molecule has 7 N–H and O–H groups in total. The smallest absolute Gasteiger partial charge is 0.409 e. The number of nitrogens with two attached hydrogens (primary N) is 1. The number of amides is 8. The Balaban J connectivity index is 0.671. The highest BCUT2D eigenvalue weighted by Gasteiger charge is 2.65. The van der Waals surface area contributed by atoms with Gasteiger partial charge in [0.25, 0.3) is 0 Å². The first-order valence-corrected chi connectivity index (χ1v) is 43.2. The lowest BCUT2D eigenvalue weighted by Gasteiger charge is -2.42. The number of ether oxygens (including phenoxy) is 11. The number of likely N-dealkylation sites (N-methyl/N-ethyl adjacent to an activating group) is 1. The zero-order valence-corrected chi connectivity index (χ0v) is 74.3. The number of alkyl carbamates (subject to hydrolysis) is 1. The zero-order chi connectivity index (χ0) is 90.0. The Morgan fingerprint density at radius 2 is 1.35 bits per heavy atom. The summed E-state index contributed by atoms with van der Waals surface area (Å²) in [5.74, 6) is -4.34. The lowest BCUT2D eigenvalue weighted by molar-refractivity contribution is -0.162. The summed E-state index contributed by atoms with van der Waals surface area (Å²) in [7, 11) is 5.95. The number of fused-ring (bicyclic) bond motifs is 8. The number of halogens is 1. The average Bonchev–Trinajstić information content (AvgIpc) is 1.57. The number of epoxide rings is 1. The minimum absolute atomic E-state index is 0.00609. The Bertz CT molecular complexity index is 4270. The molecular weight excluding hydrogens is 1620 g/mol. The number of allylic oxidation sites excluding steroid dienone is 3. The van der Waals surface area contributed by atoms with Crippen LogP contribution < -0.4 is 31.9 Å². The second kappa shape index (κ2) is 50.0. The highest BCUT2D eigenvalue weighted by Crippen LogP contribution is 2.50. The molecule has 0 saturated carbocycles. The van der Waals surface area contributed by atoms with Gasteiger partial charge in [-0.15, -0.1) is 0 Å². The summed E-state index contributed by atoms with van der Waals surface area (Å²) in [6.45, 7) is 16.5. The molecule has 4 aromatic carbocycles. The number of rotatable bonds is 49. The van der Waals surface area contributed by atoms with E-state index in [0.717, 1.165) is 16.7 Å². The Labute approximate surface area is 732 Å². The molecular formula is C92H127ClN8O23. The van der Waals surface area contributed by atoms with Gasteiger partial charge >= 0.3 is 24.2 Å². The molecule has 4 aliphatic rings. The molecule has 8 amide bonds. The standard InChI is InChI=1S/C92H127ClN8O23/c1-59(2)74(54-67(102)35-39-116-41-43-118-45-47-120-49-48-119-46-44-117-42-40-115-38-19-21-68(103)57-96-81(105)34-33-73-71-24-14-12-22-69(71)70-23-13-15-25-72(70)73)86(108)97-75(26-17-36-95-88(94)110)77(104)53-64-29-31-65(32-30-64)58-121-90(112)99(8)37-18-28-82(106)100(9)63(6)87(109)123-80-55-83(107)101(10)76-52-66(51-61(4)84(76)93)50-60(3)20-16-27-79(114-11)92(113)56-78(122-89(111)98-92)62(5)85-91(80,7)124-85/h12-16,20,22-25,27,29-32,51-52,59,62-63,73-75,78-80,85,113H,17-19,21,26,28,33-50,53-58H2,1-11H3,(H,96,105)(H,97,108)(H,98,111)(H3,94,95,110)/b27-16+,60-20+/t62-,63+,74+,75+,78+,79-,80+,85?,91+,92-/m1/s1. The highest BCUT2D eigenvalue weighted by atomic mass is 35.5. The molecule has 31 nitrogen and oxygen atoms in total. The van der Waals surface area contributed by atoms with Gasteiger partial charge in [0.1, 0.15) is 42.3 Å². The monoisotopic (exact) mass is 1750 g/mol. The van der Waals surface area contributed by atoms with Gasteiger partial charge in [0.2, 0.25) is 23.6 Å². The fourth-order valence-corrected chi connectivity index (χ4v) is 15.6. The van der Waals surface area contributed by atoms with E-state index >= 15 is 0 Å². The van der Waals surface area contributed by atoms with Crippen LogP contribution in [0.25, 0.3) is 11.1 Å². The fourth-order valence-electron chi connectivity index (χ4n) is 15.4. The second-order valence-corrected chi connectivity index (χ2v) is 33.1. The quantitative estimate of drug-likeness (QED) is 0.0104. The van der Waals surface area contributed by atoms with Crippen molar-refractivity contribution in [3.63, 3.8) is 0 Å². The molecule has 1 unspecified atom stereocenters. The number of anilines is 1. The van der Waals surface area contributed by atoms with Gasteiger partial charge in [-0.3, -0.25) is 38.9 Å². The number of hydrogen-bond acceptors (Lipinski definition) is 23. The van der Waals surface area contributed by atoms with Crippen LogP contribution in [0.5, 0.6) is 0 Å². The van der Waals surface area contributed by atoms with Crippen molar-refractivity contribution in [2.45, 2.75) is 199 Å². The first-order chi connectivity index (χ1) is 59.3. The number of Topliss-reactive ketones (excluding diaryl/α,β-unsaturated/α-hetero) is 3. The van der Waals surface area contributed by atoms with Crippen molar-refractivity contribution in [1.29, 1.82) is 0 Å². The van der Waals surface area contributed by atoms with E-state index in [1.807, 2.05) is 70.2 Å². The van der Waals surface area contributed by atoms with Gasteiger partial charge in [0.05, 0.1) is 108 Å². The fraction of sp³-hybridized carbons (Fsp3) is 0.576. The number of urea groups is 1. The van der Waals surface area contributed by atoms with Crippen LogP contribution in [0, 0.1) is 24.7 Å². The van der Waals surface area contributed by atoms with E-state index < -0.39 is 102 Å². The van der Waals surface area contributed by atoms with Crippen molar-refractivity contribution in [3.8, 4) is 11.1 Å². The molecule has 3 aliphatic heterocycles. The normalized spacial score (nSPS) is 20.7. The highest BCUT2D eigenvalue weighted by molar-refractivity contribution is 6.34. The van der Waals surface area contributed by atoms with E-state index in [2.05, 4.69) is 45.5 Å². The molecule has 4 aromatic rings. The van der Waals surface area contributed by atoms with Crippen molar-refractivity contribution < 1.29 is 110 Å². The van der Waals surface area contributed by atoms with Gasteiger partial charge in [-0.05, 0) is 123 Å². The van der Waals surface area contributed by atoms with Crippen molar-refractivity contribution in [2.24, 2.45) is 23.5 Å². The van der Waals surface area contributed by atoms with Gasteiger partial charge in [0.15, 0.2) is 17.3 Å². The number of ketones is 3. The Morgan fingerprint density at radius 3 is 1.97 bits per heavy atom. The topological polar surface area (TPSA) is 397 Å². The van der Waals surface area contributed by atoms with Gasteiger partial charge in [-0.25, -0.2) is 19.2 Å². The first kappa shape index (κ1) is 99.9. The molecule has 1 aliphatic carbocycles. The van der Waals surface area contributed by atoms with Crippen LogP contribution in [-0.2, 0) is 110 Å². The molecule has 32 heteroatoms. The molecule has 10 atom stereocenters. The Hall–Kier alpha value is -9.54. The largest absolute Gasteiger partial charge is 0.457 e. The predicted molar refractivity (Wildman–Crippen MR) is 463 cm³/mol. The third kappa shape index (κ3) is 30.7. The average molecular weight is 1750 g/mol. The summed E-state index contributed by atoms with van der Waals surface area (Å²) >= 11 is 6.87. The minimum Gasteiger partial charge on any atom is -0.457 e. The van der Waals surface area contributed by atoms with Crippen LogP contribution in [0.1, 0.15) is 158 Å². The molecule has 4 bridgehead atoms. The number of aliphatic hydroxyl groups is 1. The van der Waals surface area contributed by atoms with Gasteiger partial charge in [-0.1, -0.05) is 135 Å². The predicted octanol–water partition coefficient (Wildman–Crippen LogP) is 9.69. The number of primary amides is 1. The number of nitrogens with one attached hydrogen (secondary N) is 4. The van der Waals surface area contributed by atoms with Crippen molar-refractivity contribution in [2.75, 3.05) is 132 Å². The maximum absolute atomic E-state index is 14.5. The number of benzene rings is 4. The summed E-state index contributed by atoms with van der Waals surface area (Å²) in [4.78, 5) is 150. The molecule has 3 heterocycles. The van der Waals surface area contributed by atoms with Crippen molar-refractivity contribution in [1.82, 2.24) is 31.1 Å². The summed E-state index contributed by atoms with van der Waals surface area (Å²) in [6.07, 6.45) is 2.13. The lowest BCUT2D eigenvalue weighted by Crippen LogP contribution is -2.63. The summed E-state index contributed by atoms with van der Waals surface area (Å²) in [5, 5.41) is 23.0. The Kier molecular flexibility index (Phi) is 40.2. The van der Waals surface area contributed by atoms with E-state index in [-0.39, 0.29) is 133 Å². The van der Waals surface area contributed by atoms with E-state index in [4.69, 9.17) is 69.4 Å². The SMILES string of the molecule is CO[C@@H]1/C=C/C=C(\C)Cc2cc(C)c(Cl)c(c2)N(C)C(=O)C[C@H](OC(=O)[C@H](C)N(C)C(=O)CCCN(C)C(=O)OCc2ccc(CC(=O)[C@H](CCCNC(N)=O)NC(=O)[C@@H](CC(=O)CCOCCOCCOCCOCCOCCOCCCC(=O)CNC(=O)CCC3c4ccccc4-c4ccccc43)C(C)C)cc2)[C@]2(C)OC2[C@H](C)[C@@H]2C[C@]1(O)NC(=O)O2. The van der Waals surface area contributed by atoms with E-state index in [1.54, 1.807) is 57.3 Å². The first-order valence-electron chi connectivity index (χ1n) is 42.8. The van der Waals surface area contributed by atoms with Crippen LogP contribution in [0.2, 0.25) is 5.02 Å². The third-order valence-electron chi connectivity index (χ3n) is 23.0. The minimum atomic E-state index is -1.89. The second-order valence-electron chi connectivity index (χ2n) is 32.8. The zero-order valence-electron chi connectivity index (χ0n) is 73.5.